The largest absolute Gasteiger partial charge is 0.361 e. The maximum atomic E-state index is 5.20. The average Bonchev–Trinajstić information content (AvgIpc) is 3.06. The Morgan fingerprint density at radius 3 is 2.71 bits per heavy atom. The smallest absolute Gasteiger partial charge is 0.193 e. The van der Waals surface area contributed by atoms with Crippen LogP contribution in [0.15, 0.2) is 27.8 Å². The fraction of sp³-hybridized carbons (Fsp3) is 0.529. The molecular formula is C17H28IN5O. The van der Waals surface area contributed by atoms with Crippen molar-refractivity contribution in [1.82, 2.24) is 19.9 Å². The highest BCUT2D eigenvalue weighted by Crippen LogP contribution is 2.13. The standard InChI is InChI=1S/C17H27N5O.HI/c1-13-16(14(2)23-20-13)9-6-10-19-17(18-3)22(5)12-15-8-7-11-21(15)4;/h7-8,11H,6,9-10,12H2,1-5H3,(H,18,19);1H. The Morgan fingerprint density at radius 2 is 2.17 bits per heavy atom. The lowest BCUT2D eigenvalue weighted by Crippen LogP contribution is -2.39. The molecule has 0 aliphatic heterocycles. The lowest BCUT2D eigenvalue weighted by Gasteiger charge is -2.22. The Morgan fingerprint density at radius 1 is 1.42 bits per heavy atom. The van der Waals surface area contributed by atoms with Gasteiger partial charge in [0.2, 0.25) is 0 Å². The highest BCUT2D eigenvalue weighted by molar-refractivity contribution is 14.0. The van der Waals surface area contributed by atoms with Gasteiger partial charge in [0.15, 0.2) is 5.96 Å². The van der Waals surface area contributed by atoms with Gasteiger partial charge in [-0.25, -0.2) is 0 Å². The van der Waals surface area contributed by atoms with E-state index in [1.54, 1.807) is 0 Å². The molecule has 0 bridgehead atoms. The minimum Gasteiger partial charge on any atom is -0.361 e. The van der Waals surface area contributed by atoms with Gasteiger partial charge < -0.3 is 19.3 Å². The predicted octanol–water partition coefficient (Wildman–Crippen LogP) is 2.89. The van der Waals surface area contributed by atoms with E-state index in [0.29, 0.717) is 0 Å². The molecule has 0 aliphatic rings. The van der Waals surface area contributed by atoms with Crippen molar-refractivity contribution in [3.63, 3.8) is 0 Å². The molecule has 0 amide bonds. The molecule has 0 aliphatic carbocycles. The van der Waals surface area contributed by atoms with Crippen LogP contribution >= 0.6 is 24.0 Å². The maximum Gasteiger partial charge on any atom is 0.193 e. The maximum absolute atomic E-state index is 5.20. The van der Waals surface area contributed by atoms with Crippen LogP contribution in [0.3, 0.4) is 0 Å². The summed E-state index contributed by atoms with van der Waals surface area (Å²) >= 11 is 0. The molecule has 2 rings (SSSR count). The molecule has 0 unspecified atom stereocenters. The molecule has 7 heteroatoms. The van der Waals surface area contributed by atoms with Gasteiger partial charge in [0.25, 0.3) is 0 Å². The summed E-state index contributed by atoms with van der Waals surface area (Å²) in [6.45, 7) is 5.66. The predicted molar refractivity (Wildman–Crippen MR) is 108 cm³/mol. The molecule has 1 N–H and O–H groups in total. The molecular weight excluding hydrogens is 417 g/mol. The fourth-order valence-electron chi connectivity index (χ4n) is 2.69. The molecule has 0 saturated heterocycles. The zero-order chi connectivity index (χ0) is 16.8. The SMILES string of the molecule is CN=C(NCCCc1c(C)noc1C)N(C)Cc1cccn1C.I. The third-order valence-corrected chi connectivity index (χ3v) is 4.09. The van der Waals surface area contributed by atoms with Gasteiger partial charge in [-0.1, -0.05) is 5.16 Å². The van der Waals surface area contributed by atoms with E-state index >= 15 is 0 Å². The average molecular weight is 445 g/mol. The molecule has 24 heavy (non-hydrogen) atoms. The first-order valence-corrected chi connectivity index (χ1v) is 7.96. The van der Waals surface area contributed by atoms with Crippen molar-refractivity contribution in [3.8, 4) is 0 Å². The highest BCUT2D eigenvalue weighted by atomic mass is 127. The van der Waals surface area contributed by atoms with Gasteiger partial charge in [-0.15, -0.1) is 24.0 Å². The van der Waals surface area contributed by atoms with Crippen molar-refractivity contribution in [2.24, 2.45) is 12.0 Å². The van der Waals surface area contributed by atoms with Gasteiger partial charge >= 0.3 is 0 Å². The third-order valence-electron chi connectivity index (χ3n) is 4.09. The van der Waals surface area contributed by atoms with Crippen LogP contribution in [0.4, 0.5) is 0 Å². The number of guanidine groups is 1. The van der Waals surface area contributed by atoms with E-state index in [0.717, 1.165) is 43.3 Å². The van der Waals surface area contributed by atoms with E-state index < -0.39 is 0 Å². The van der Waals surface area contributed by atoms with Crippen LogP contribution in [0.25, 0.3) is 0 Å². The quantitative estimate of drug-likeness (QED) is 0.322. The molecule has 134 valence electrons. The molecule has 0 radical (unpaired) electrons. The molecule has 0 spiro atoms. The number of nitrogens with zero attached hydrogens (tertiary/aromatic N) is 4. The van der Waals surface area contributed by atoms with Crippen LogP contribution in [0.5, 0.6) is 0 Å². The fourth-order valence-corrected chi connectivity index (χ4v) is 2.69. The summed E-state index contributed by atoms with van der Waals surface area (Å²) in [6.07, 6.45) is 4.04. The summed E-state index contributed by atoms with van der Waals surface area (Å²) in [6, 6.07) is 4.18. The van der Waals surface area contributed by atoms with Crippen LogP contribution in [0.2, 0.25) is 0 Å². The third kappa shape index (κ3) is 5.25. The number of nitrogens with one attached hydrogen (secondary N) is 1. The van der Waals surface area contributed by atoms with Crippen molar-refractivity contribution < 1.29 is 4.52 Å². The molecule has 0 saturated carbocycles. The highest BCUT2D eigenvalue weighted by Gasteiger charge is 2.10. The minimum atomic E-state index is 0. The molecule has 2 aromatic rings. The number of aromatic nitrogens is 2. The van der Waals surface area contributed by atoms with E-state index in [1.807, 2.05) is 20.9 Å². The van der Waals surface area contributed by atoms with Gasteiger partial charge in [-0.3, -0.25) is 4.99 Å². The Hall–Kier alpha value is -1.51. The molecule has 0 atom stereocenters. The summed E-state index contributed by atoms with van der Waals surface area (Å²) in [5, 5.41) is 7.41. The van der Waals surface area contributed by atoms with E-state index in [2.05, 4.69) is 57.4 Å². The number of hydrogen-bond acceptors (Lipinski definition) is 3. The van der Waals surface area contributed by atoms with Crippen molar-refractivity contribution in [1.29, 1.82) is 0 Å². The summed E-state index contributed by atoms with van der Waals surface area (Å²) in [4.78, 5) is 6.49. The van der Waals surface area contributed by atoms with Crippen molar-refractivity contribution >= 4 is 29.9 Å². The second-order valence-electron chi connectivity index (χ2n) is 5.85. The van der Waals surface area contributed by atoms with E-state index in [9.17, 15) is 0 Å². The Bertz CT molecular complexity index is 642. The first-order chi connectivity index (χ1) is 11.0. The van der Waals surface area contributed by atoms with Crippen LogP contribution < -0.4 is 5.32 Å². The van der Waals surface area contributed by atoms with Crippen LogP contribution in [-0.4, -0.2) is 41.2 Å². The van der Waals surface area contributed by atoms with Gasteiger partial charge in [-0.05, 0) is 38.8 Å². The van der Waals surface area contributed by atoms with E-state index in [-0.39, 0.29) is 24.0 Å². The van der Waals surface area contributed by atoms with Crippen molar-refractivity contribution in [3.05, 3.63) is 41.0 Å². The van der Waals surface area contributed by atoms with E-state index in [4.69, 9.17) is 4.52 Å². The lowest BCUT2D eigenvalue weighted by molar-refractivity contribution is 0.392. The first-order valence-electron chi connectivity index (χ1n) is 7.96. The number of rotatable bonds is 6. The lowest BCUT2D eigenvalue weighted by atomic mass is 10.1. The Kier molecular flexibility index (Phi) is 8.30. The van der Waals surface area contributed by atoms with E-state index in [1.165, 1.54) is 11.3 Å². The number of aryl methyl sites for hydroxylation is 3. The summed E-state index contributed by atoms with van der Waals surface area (Å²) in [5.41, 5.74) is 3.47. The number of hydrogen-bond donors (Lipinski definition) is 1. The van der Waals surface area contributed by atoms with Gasteiger partial charge in [0.1, 0.15) is 5.76 Å². The summed E-state index contributed by atoms with van der Waals surface area (Å²) < 4.78 is 7.32. The second kappa shape index (κ2) is 9.71. The van der Waals surface area contributed by atoms with Crippen LogP contribution in [-0.2, 0) is 20.0 Å². The van der Waals surface area contributed by atoms with Crippen molar-refractivity contribution in [2.45, 2.75) is 33.2 Å². The number of aliphatic imine (C=N–C) groups is 1. The normalized spacial score (nSPS) is 11.3. The minimum absolute atomic E-state index is 0. The molecule has 2 aromatic heterocycles. The summed E-state index contributed by atoms with van der Waals surface area (Å²) in [5.74, 6) is 1.83. The first kappa shape index (κ1) is 20.5. The van der Waals surface area contributed by atoms with Gasteiger partial charge in [-0.2, -0.15) is 0 Å². The topological polar surface area (TPSA) is 58.6 Å². The van der Waals surface area contributed by atoms with Crippen LogP contribution in [0.1, 0.15) is 29.1 Å². The Balaban J connectivity index is 0.00000288. The van der Waals surface area contributed by atoms with Crippen LogP contribution in [0, 0.1) is 13.8 Å². The molecule has 2 heterocycles. The second-order valence-corrected chi connectivity index (χ2v) is 5.85. The summed E-state index contributed by atoms with van der Waals surface area (Å²) in [7, 11) is 5.93. The molecule has 6 nitrogen and oxygen atoms in total. The van der Waals surface area contributed by atoms with Gasteiger partial charge in [0, 0.05) is 45.1 Å². The number of halogens is 1. The zero-order valence-electron chi connectivity index (χ0n) is 15.2. The monoisotopic (exact) mass is 445 g/mol. The van der Waals surface area contributed by atoms with Crippen molar-refractivity contribution in [2.75, 3.05) is 20.6 Å². The molecule has 0 fully saturated rings. The molecule has 0 aromatic carbocycles. The zero-order valence-corrected chi connectivity index (χ0v) is 17.5. The Labute approximate surface area is 161 Å². The van der Waals surface area contributed by atoms with Gasteiger partial charge in [0.05, 0.1) is 12.2 Å².